The van der Waals surface area contributed by atoms with Crippen LogP contribution < -0.4 is 29.3 Å². The molecule has 4 aliphatic heterocycles. The summed E-state index contributed by atoms with van der Waals surface area (Å²) < 4.78 is 44.6. The monoisotopic (exact) mass is 600 g/mol. The lowest BCUT2D eigenvalue weighted by Crippen LogP contribution is -2.14. The highest BCUT2D eigenvalue weighted by molar-refractivity contribution is 5.80. The fraction of sp³-hybridized carbons (Fsp3) is 0.324. The van der Waals surface area contributed by atoms with Crippen molar-refractivity contribution in [2.45, 2.75) is 26.1 Å². The van der Waals surface area contributed by atoms with Gasteiger partial charge >= 0.3 is 5.63 Å². The summed E-state index contributed by atoms with van der Waals surface area (Å²) in [5.74, 6) is 4.15. The number of fused-ring (bicyclic) bond motifs is 4. The average Bonchev–Trinajstić information content (AvgIpc) is 3.82. The molecule has 5 heterocycles. The number of allylic oxidation sites excluding steroid dienone is 1. The Labute approximate surface area is 253 Å². The maximum Gasteiger partial charge on any atom is 0.336 e. The molecule has 2 fully saturated rings. The molecule has 0 bridgehead atoms. The van der Waals surface area contributed by atoms with Crippen LogP contribution in [0.5, 0.6) is 34.5 Å². The van der Waals surface area contributed by atoms with Crippen LogP contribution in [0, 0.1) is 11.8 Å². The van der Waals surface area contributed by atoms with Crippen molar-refractivity contribution in [3.63, 3.8) is 0 Å². The molecule has 0 radical (unpaired) electrons. The zero-order chi connectivity index (χ0) is 30.2. The van der Waals surface area contributed by atoms with Crippen LogP contribution in [0.15, 0.2) is 81.5 Å². The van der Waals surface area contributed by atoms with Crippen molar-refractivity contribution in [2.75, 3.05) is 33.4 Å². The Balaban J connectivity index is 0.000000153. The molecule has 0 spiro atoms. The average molecular weight is 601 g/mol. The molecule has 1 N–H and O–H groups in total. The van der Waals surface area contributed by atoms with Gasteiger partial charge in [0, 0.05) is 29.4 Å². The van der Waals surface area contributed by atoms with Crippen molar-refractivity contribution in [1.82, 2.24) is 0 Å². The van der Waals surface area contributed by atoms with Crippen LogP contribution in [0.4, 0.5) is 0 Å². The first kappa shape index (κ1) is 28.1. The van der Waals surface area contributed by atoms with Crippen molar-refractivity contribution < 1.29 is 42.7 Å². The highest BCUT2D eigenvalue weighted by Gasteiger charge is 2.48. The van der Waals surface area contributed by atoms with E-state index < -0.39 is 5.63 Å². The quantitative estimate of drug-likeness (QED) is 0.214. The Kier molecular flexibility index (Phi) is 7.53. The molecular formula is C34H32O10. The second-order valence-corrected chi connectivity index (χ2v) is 11.3. The van der Waals surface area contributed by atoms with E-state index in [1.54, 1.807) is 6.07 Å². The highest BCUT2D eigenvalue weighted by Crippen LogP contribution is 2.52. The Morgan fingerprint density at radius 3 is 1.98 bits per heavy atom. The third kappa shape index (κ3) is 5.54. The lowest BCUT2D eigenvalue weighted by atomic mass is 9.85. The van der Waals surface area contributed by atoms with Gasteiger partial charge in [0.2, 0.25) is 13.6 Å². The molecule has 0 amide bonds. The molecule has 2 saturated heterocycles. The summed E-state index contributed by atoms with van der Waals surface area (Å²) in [6.45, 7) is 6.22. The van der Waals surface area contributed by atoms with Gasteiger partial charge in [-0.2, -0.15) is 0 Å². The fourth-order valence-corrected chi connectivity index (χ4v) is 5.91. The summed E-state index contributed by atoms with van der Waals surface area (Å²) in [5.41, 5.74) is 3.34. The lowest BCUT2D eigenvalue weighted by molar-refractivity contribution is 0.0192. The van der Waals surface area contributed by atoms with E-state index in [1.807, 2.05) is 44.2 Å². The van der Waals surface area contributed by atoms with Crippen LogP contribution in [-0.4, -0.2) is 38.5 Å². The van der Waals surface area contributed by atoms with Gasteiger partial charge in [0.25, 0.3) is 0 Å². The molecule has 228 valence electrons. The molecular weight excluding hydrogens is 568 g/mol. The first-order valence-corrected chi connectivity index (χ1v) is 14.5. The number of aromatic hydroxyl groups is 1. The van der Waals surface area contributed by atoms with E-state index in [9.17, 15) is 9.90 Å². The van der Waals surface area contributed by atoms with E-state index in [4.69, 9.17) is 37.6 Å². The number of benzene rings is 3. The maximum atomic E-state index is 11.1. The van der Waals surface area contributed by atoms with Gasteiger partial charge in [-0.3, -0.25) is 0 Å². The smallest absolute Gasteiger partial charge is 0.336 e. The van der Waals surface area contributed by atoms with Gasteiger partial charge in [-0.15, -0.1) is 0 Å². The summed E-state index contributed by atoms with van der Waals surface area (Å²) in [5, 5.41) is 10.4. The topological polar surface area (TPSA) is 115 Å². The normalized spacial score (nSPS) is 22.3. The fourth-order valence-electron chi connectivity index (χ4n) is 5.91. The Hall–Kier alpha value is -4.67. The van der Waals surface area contributed by atoms with Gasteiger partial charge in [-0.25, -0.2) is 4.79 Å². The predicted molar refractivity (Wildman–Crippen MR) is 159 cm³/mol. The number of phenols is 1. The van der Waals surface area contributed by atoms with Gasteiger partial charge in [-0.05, 0) is 67.4 Å². The van der Waals surface area contributed by atoms with Gasteiger partial charge in [0.1, 0.15) is 12.2 Å². The van der Waals surface area contributed by atoms with Crippen LogP contribution in [0.1, 0.15) is 37.2 Å². The zero-order valence-corrected chi connectivity index (χ0v) is 24.3. The molecule has 0 aliphatic carbocycles. The van der Waals surface area contributed by atoms with E-state index in [0.29, 0.717) is 48.4 Å². The Morgan fingerprint density at radius 2 is 1.39 bits per heavy atom. The van der Waals surface area contributed by atoms with E-state index in [2.05, 4.69) is 12.1 Å². The van der Waals surface area contributed by atoms with E-state index in [0.717, 1.165) is 39.7 Å². The van der Waals surface area contributed by atoms with Crippen LogP contribution in [-0.2, 0) is 9.47 Å². The second-order valence-electron chi connectivity index (χ2n) is 11.3. The molecule has 10 nitrogen and oxygen atoms in total. The molecule has 44 heavy (non-hydrogen) atoms. The summed E-state index contributed by atoms with van der Waals surface area (Å²) in [6, 6.07) is 18.0. The minimum atomic E-state index is -0.427. The highest BCUT2D eigenvalue weighted by atomic mass is 16.7. The van der Waals surface area contributed by atoms with Crippen molar-refractivity contribution in [2.24, 2.45) is 11.8 Å². The molecule has 4 unspecified atom stereocenters. The summed E-state index contributed by atoms with van der Waals surface area (Å²) in [7, 11) is 0. The largest absolute Gasteiger partial charge is 0.504 e. The van der Waals surface area contributed by atoms with Crippen molar-refractivity contribution in [3.05, 3.63) is 93.9 Å². The third-order valence-corrected chi connectivity index (χ3v) is 8.15. The molecule has 8 rings (SSSR count). The molecule has 4 aromatic rings. The minimum Gasteiger partial charge on any atom is -0.504 e. The first-order valence-electron chi connectivity index (χ1n) is 14.5. The SMILES string of the molecule is CC(C)=CCOc1cc2oc(=O)ccc2cc1O.c1cc2c(cc1C1OCC3C(c4ccc5c(c4)OCO5)OCC13)OCO2. The van der Waals surface area contributed by atoms with Crippen LogP contribution in [0.3, 0.4) is 0 Å². The third-order valence-electron chi connectivity index (χ3n) is 8.15. The molecule has 4 aliphatic rings. The predicted octanol–water partition coefficient (Wildman–Crippen LogP) is 6.06. The van der Waals surface area contributed by atoms with Crippen LogP contribution in [0.2, 0.25) is 0 Å². The zero-order valence-electron chi connectivity index (χ0n) is 24.3. The number of hydrogen-bond donors (Lipinski definition) is 1. The number of ether oxygens (including phenoxy) is 7. The van der Waals surface area contributed by atoms with Crippen molar-refractivity contribution >= 4 is 11.0 Å². The van der Waals surface area contributed by atoms with E-state index >= 15 is 0 Å². The Morgan fingerprint density at radius 1 is 0.795 bits per heavy atom. The van der Waals surface area contributed by atoms with Gasteiger partial charge in [0.05, 0.1) is 25.4 Å². The first-order chi connectivity index (χ1) is 21.4. The summed E-state index contributed by atoms with van der Waals surface area (Å²) >= 11 is 0. The maximum absolute atomic E-state index is 11.1. The Bertz CT molecular complexity index is 1700. The number of rotatable bonds is 5. The molecule has 4 atom stereocenters. The van der Waals surface area contributed by atoms with Gasteiger partial charge < -0.3 is 42.7 Å². The number of phenolic OH excluding ortho intramolecular Hbond substituents is 1. The molecule has 1 aromatic heterocycles. The standard InChI is InChI=1S/C20H18O6.C14H14O4/c1-3-15-17(25-9-23-15)5-11(1)19-13-7-22-20(14(13)8-21-19)12-2-4-16-18(6-12)26-10-24-16;1-9(2)5-6-17-13-8-12-10(7-11(13)15)3-4-14(16)18-12/h1-6,13-14,19-20H,7-10H2;3-5,7-8,15H,6H2,1-2H3. The van der Waals surface area contributed by atoms with E-state index in [1.165, 1.54) is 18.2 Å². The number of hydrogen-bond acceptors (Lipinski definition) is 10. The van der Waals surface area contributed by atoms with Crippen LogP contribution >= 0.6 is 0 Å². The van der Waals surface area contributed by atoms with Crippen molar-refractivity contribution in [3.8, 4) is 34.5 Å². The second kappa shape index (κ2) is 11.8. The minimum absolute atomic E-state index is 0.0218. The van der Waals surface area contributed by atoms with Crippen LogP contribution in [0.25, 0.3) is 11.0 Å². The lowest BCUT2D eigenvalue weighted by Gasteiger charge is -2.17. The molecule has 10 heteroatoms. The van der Waals surface area contributed by atoms with Gasteiger partial charge in [-0.1, -0.05) is 17.7 Å². The van der Waals surface area contributed by atoms with E-state index in [-0.39, 0.29) is 31.5 Å². The van der Waals surface area contributed by atoms with Crippen molar-refractivity contribution in [1.29, 1.82) is 0 Å². The molecule has 3 aromatic carbocycles. The summed E-state index contributed by atoms with van der Waals surface area (Å²) in [4.78, 5) is 11.1. The van der Waals surface area contributed by atoms with Gasteiger partial charge in [0.15, 0.2) is 34.5 Å². The molecule has 0 saturated carbocycles. The summed E-state index contributed by atoms with van der Waals surface area (Å²) in [6.07, 6.45) is 1.94.